The van der Waals surface area contributed by atoms with Crippen molar-refractivity contribution >= 4 is 5.97 Å². The zero-order chi connectivity index (χ0) is 15.0. The molecule has 0 fully saturated rings. The van der Waals surface area contributed by atoms with Crippen molar-refractivity contribution in [3.63, 3.8) is 0 Å². The topological polar surface area (TPSA) is 49.8 Å². The summed E-state index contributed by atoms with van der Waals surface area (Å²) in [4.78, 5) is 12.8. The van der Waals surface area contributed by atoms with Crippen LogP contribution in [-0.2, 0) is 4.79 Å². The van der Waals surface area contributed by atoms with Gasteiger partial charge >= 0.3 is 5.97 Å². The van der Waals surface area contributed by atoms with Crippen LogP contribution in [0.1, 0.15) is 26.7 Å². The third-order valence-corrected chi connectivity index (χ3v) is 3.17. The molecule has 1 unspecified atom stereocenters. The van der Waals surface area contributed by atoms with Crippen molar-refractivity contribution in [2.45, 2.75) is 32.7 Å². The molecule has 0 aromatic heterocycles. The van der Waals surface area contributed by atoms with E-state index in [1.54, 1.807) is 12.1 Å². The maximum absolute atomic E-state index is 12.7. The van der Waals surface area contributed by atoms with Crippen LogP contribution >= 0.6 is 0 Å². The second kappa shape index (κ2) is 8.53. The van der Waals surface area contributed by atoms with E-state index in [1.165, 1.54) is 12.1 Å². The minimum absolute atomic E-state index is 0.0170. The van der Waals surface area contributed by atoms with E-state index in [1.807, 2.05) is 13.8 Å². The van der Waals surface area contributed by atoms with Crippen LogP contribution in [0.4, 0.5) is 4.39 Å². The number of benzene rings is 1. The van der Waals surface area contributed by atoms with Gasteiger partial charge in [0.2, 0.25) is 0 Å². The molecule has 0 saturated heterocycles. The Labute approximate surface area is 119 Å². The predicted molar refractivity (Wildman–Crippen MR) is 75.5 cm³/mol. The van der Waals surface area contributed by atoms with Crippen molar-refractivity contribution in [3.05, 3.63) is 30.1 Å². The summed E-state index contributed by atoms with van der Waals surface area (Å²) in [5.74, 6) is -0.413. The average Bonchev–Trinajstić information content (AvgIpc) is 2.40. The second-order valence-electron chi connectivity index (χ2n) is 4.73. The number of carboxylic acid groups (broad SMARTS) is 1. The van der Waals surface area contributed by atoms with Crippen LogP contribution in [0.15, 0.2) is 24.3 Å². The minimum atomic E-state index is -0.779. The van der Waals surface area contributed by atoms with E-state index < -0.39 is 5.97 Å². The Hall–Kier alpha value is -1.62. The van der Waals surface area contributed by atoms with Crippen LogP contribution in [0.3, 0.4) is 0 Å². The number of halogens is 1. The van der Waals surface area contributed by atoms with Crippen molar-refractivity contribution in [1.82, 2.24) is 4.90 Å². The molecule has 1 aromatic carbocycles. The van der Waals surface area contributed by atoms with Crippen molar-refractivity contribution in [3.8, 4) is 5.75 Å². The molecule has 5 heteroatoms. The van der Waals surface area contributed by atoms with Gasteiger partial charge in [0.05, 0.1) is 13.0 Å². The highest BCUT2D eigenvalue weighted by Crippen LogP contribution is 2.11. The van der Waals surface area contributed by atoms with E-state index >= 15 is 0 Å². The Balaban J connectivity index is 2.27. The third-order valence-electron chi connectivity index (χ3n) is 3.17. The number of ether oxygens (including phenoxy) is 1. The van der Waals surface area contributed by atoms with Gasteiger partial charge in [-0.05, 0) is 44.2 Å². The number of rotatable bonds is 9. The summed E-state index contributed by atoms with van der Waals surface area (Å²) in [5.41, 5.74) is 0. The number of hydrogen-bond donors (Lipinski definition) is 1. The summed E-state index contributed by atoms with van der Waals surface area (Å²) >= 11 is 0. The minimum Gasteiger partial charge on any atom is -0.494 e. The lowest BCUT2D eigenvalue weighted by Gasteiger charge is -2.26. The fourth-order valence-electron chi connectivity index (χ4n) is 2.06. The van der Waals surface area contributed by atoms with Gasteiger partial charge in [-0.3, -0.25) is 4.79 Å². The highest BCUT2D eigenvalue weighted by molar-refractivity contribution is 5.67. The molecule has 1 aromatic rings. The molecule has 0 aliphatic rings. The van der Waals surface area contributed by atoms with Gasteiger partial charge in [0, 0.05) is 12.6 Å². The first-order valence-electron chi connectivity index (χ1n) is 6.87. The van der Waals surface area contributed by atoms with E-state index in [0.717, 1.165) is 19.5 Å². The van der Waals surface area contributed by atoms with Crippen LogP contribution in [0, 0.1) is 5.82 Å². The lowest BCUT2D eigenvalue weighted by atomic mass is 10.2. The quantitative estimate of drug-likeness (QED) is 0.708. The van der Waals surface area contributed by atoms with Crippen LogP contribution in [0.2, 0.25) is 0 Å². The first-order valence-corrected chi connectivity index (χ1v) is 6.87. The highest BCUT2D eigenvalue weighted by atomic mass is 19.1. The molecular formula is C15H22FNO3. The predicted octanol–water partition coefficient (Wildman–Crippen LogP) is 2.78. The maximum Gasteiger partial charge on any atom is 0.304 e. The number of carbonyl (C=O) groups is 1. The number of aliphatic carboxylic acids is 1. The molecule has 0 amide bonds. The molecule has 112 valence electrons. The van der Waals surface area contributed by atoms with Gasteiger partial charge in [-0.2, -0.15) is 0 Å². The van der Waals surface area contributed by atoms with Gasteiger partial charge in [0.25, 0.3) is 0 Å². The molecule has 0 aliphatic carbocycles. The van der Waals surface area contributed by atoms with E-state index in [-0.39, 0.29) is 18.3 Å². The molecule has 20 heavy (non-hydrogen) atoms. The van der Waals surface area contributed by atoms with Gasteiger partial charge in [-0.1, -0.05) is 6.92 Å². The lowest BCUT2D eigenvalue weighted by molar-refractivity contribution is -0.138. The van der Waals surface area contributed by atoms with Crippen molar-refractivity contribution in [1.29, 1.82) is 0 Å². The van der Waals surface area contributed by atoms with Crippen LogP contribution in [-0.4, -0.2) is 41.7 Å². The van der Waals surface area contributed by atoms with Gasteiger partial charge in [0.15, 0.2) is 0 Å². The van der Waals surface area contributed by atoms with Gasteiger partial charge < -0.3 is 14.7 Å². The SMILES string of the molecule is CCN(CCCOc1ccc(F)cc1)C(C)CC(=O)O. The largest absolute Gasteiger partial charge is 0.494 e. The summed E-state index contributed by atoms with van der Waals surface area (Å²) in [7, 11) is 0. The number of carboxylic acids is 1. The monoisotopic (exact) mass is 283 g/mol. The third kappa shape index (κ3) is 6.02. The Morgan fingerprint density at radius 2 is 2.05 bits per heavy atom. The van der Waals surface area contributed by atoms with Crippen molar-refractivity contribution < 1.29 is 19.0 Å². The Bertz CT molecular complexity index is 408. The molecule has 1 rings (SSSR count). The van der Waals surface area contributed by atoms with Gasteiger partial charge in [-0.25, -0.2) is 4.39 Å². The van der Waals surface area contributed by atoms with Crippen LogP contribution in [0.25, 0.3) is 0 Å². The smallest absolute Gasteiger partial charge is 0.304 e. The van der Waals surface area contributed by atoms with Crippen LogP contribution in [0.5, 0.6) is 5.75 Å². The second-order valence-corrected chi connectivity index (χ2v) is 4.73. The molecule has 1 N–H and O–H groups in total. The zero-order valence-corrected chi connectivity index (χ0v) is 12.0. The normalized spacial score (nSPS) is 12.4. The van der Waals surface area contributed by atoms with E-state index in [2.05, 4.69) is 4.90 Å². The molecule has 0 spiro atoms. The van der Waals surface area contributed by atoms with Crippen molar-refractivity contribution in [2.24, 2.45) is 0 Å². The summed E-state index contributed by atoms with van der Waals surface area (Å²) in [6.07, 6.45) is 0.946. The molecule has 0 bridgehead atoms. The van der Waals surface area contributed by atoms with E-state index in [4.69, 9.17) is 9.84 Å². The van der Waals surface area contributed by atoms with E-state index in [9.17, 15) is 9.18 Å². The Kier molecular flexibility index (Phi) is 7.01. The average molecular weight is 283 g/mol. The fourth-order valence-corrected chi connectivity index (χ4v) is 2.06. The summed E-state index contributed by atoms with van der Waals surface area (Å²) < 4.78 is 18.2. The molecule has 0 aliphatic heterocycles. The van der Waals surface area contributed by atoms with Crippen LogP contribution < -0.4 is 4.74 Å². The van der Waals surface area contributed by atoms with Gasteiger partial charge in [-0.15, -0.1) is 0 Å². The number of nitrogens with zero attached hydrogens (tertiary/aromatic N) is 1. The standard InChI is InChI=1S/C15H22FNO3/c1-3-17(12(2)11-15(18)19)9-4-10-20-14-7-5-13(16)6-8-14/h5-8,12H,3-4,9-11H2,1-2H3,(H,18,19). The first kappa shape index (κ1) is 16.4. The Morgan fingerprint density at radius 1 is 1.40 bits per heavy atom. The molecule has 4 nitrogen and oxygen atoms in total. The number of hydrogen-bond acceptors (Lipinski definition) is 3. The summed E-state index contributed by atoms with van der Waals surface area (Å²) in [6.45, 7) is 6.05. The molecule has 0 saturated carbocycles. The summed E-state index contributed by atoms with van der Waals surface area (Å²) in [6, 6.07) is 5.94. The first-order chi connectivity index (χ1) is 9.52. The van der Waals surface area contributed by atoms with Crippen molar-refractivity contribution in [2.75, 3.05) is 19.7 Å². The maximum atomic E-state index is 12.7. The summed E-state index contributed by atoms with van der Waals surface area (Å²) in [5, 5.41) is 8.79. The molecular weight excluding hydrogens is 261 g/mol. The van der Waals surface area contributed by atoms with Gasteiger partial charge in [0.1, 0.15) is 11.6 Å². The molecule has 1 atom stereocenters. The lowest BCUT2D eigenvalue weighted by Crippen LogP contribution is -2.35. The Morgan fingerprint density at radius 3 is 2.60 bits per heavy atom. The highest BCUT2D eigenvalue weighted by Gasteiger charge is 2.14. The molecule has 0 radical (unpaired) electrons. The molecule has 0 heterocycles. The van der Waals surface area contributed by atoms with E-state index in [0.29, 0.717) is 12.4 Å². The fraction of sp³-hybridized carbons (Fsp3) is 0.533. The zero-order valence-electron chi connectivity index (χ0n) is 12.0.